The van der Waals surface area contributed by atoms with Crippen molar-refractivity contribution in [1.82, 2.24) is 19.5 Å². The van der Waals surface area contributed by atoms with Gasteiger partial charge in [0.25, 0.3) is 0 Å². The Kier molecular flexibility index (Phi) is 10.7. The second-order valence-corrected chi connectivity index (χ2v) is 13.1. The summed E-state index contributed by atoms with van der Waals surface area (Å²) in [6, 6.07) is 26.7. The van der Waals surface area contributed by atoms with E-state index >= 15 is 0 Å². The largest absolute Gasteiger partial charge is 0.349 e. The first kappa shape index (κ1) is 32.0. The SMILES string of the molecule is O=C(NCc1ccccn1)[C@H](Cc1ccccc1)N(Cc1ccc(F)cc1)C(=O)CCc1ccc(S(=O)(=O)N2CCCC2)cc1. The minimum Gasteiger partial charge on any atom is -0.349 e. The molecule has 234 valence electrons. The van der Waals surface area contributed by atoms with Crippen molar-refractivity contribution >= 4 is 21.8 Å². The lowest BCUT2D eigenvalue weighted by Gasteiger charge is -2.31. The molecule has 2 amide bonds. The maximum absolute atomic E-state index is 14.0. The van der Waals surface area contributed by atoms with Crippen molar-refractivity contribution in [3.05, 3.63) is 131 Å². The van der Waals surface area contributed by atoms with Crippen LogP contribution in [-0.4, -0.2) is 53.6 Å². The van der Waals surface area contributed by atoms with Gasteiger partial charge in [0, 0.05) is 38.7 Å². The van der Waals surface area contributed by atoms with Crippen LogP contribution in [0.2, 0.25) is 0 Å². The van der Waals surface area contributed by atoms with Crippen LogP contribution in [0, 0.1) is 5.82 Å². The van der Waals surface area contributed by atoms with Crippen LogP contribution < -0.4 is 5.32 Å². The smallest absolute Gasteiger partial charge is 0.243 e. The maximum atomic E-state index is 14.0. The molecular formula is C35H37FN4O4S. The number of halogens is 1. The number of sulfonamides is 1. The van der Waals surface area contributed by atoms with Crippen LogP contribution >= 0.6 is 0 Å². The summed E-state index contributed by atoms with van der Waals surface area (Å²) in [4.78, 5) is 33.8. The Labute approximate surface area is 264 Å². The number of carbonyl (C=O) groups is 2. The first-order valence-corrected chi connectivity index (χ1v) is 16.6. The second kappa shape index (κ2) is 15.0. The summed E-state index contributed by atoms with van der Waals surface area (Å²) in [6.07, 6.45) is 4.11. The Hall–Kier alpha value is -4.41. The summed E-state index contributed by atoms with van der Waals surface area (Å²) >= 11 is 0. The summed E-state index contributed by atoms with van der Waals surface area (Å²) in [5.41, 5.74) is 3.08. The Balaban J connectivity index is 1.36. The highest BCUT2D eigenvalue weighted by atomic mass is 32.2. The molecule has 45 heavy (non-hydrogen) atoms. The number of aryl methyl sites for hydroxylation is 1. The third-order valence-electron chi connectivity index (χ3n) is 7.96. The van der Waals surface area contributed by atoms with Gasteiger partial charge in [-0.25, -0.2) is 12.8 Å². The van der Waals surface area contributed by atoms with Gasteiger partial charge in [0.1, 0.15) is 11.9 Å². The average molecular weight is 629 g/mol. The number of hydrogen-bond acceptors (Lipinski definition) is 5. The van der Waals surface area contributed by atoms with Gasteiger partial charge in [0.15, 0.2) is 0 Å². The summed E-state index contributed by atoms with van der Waals surface area (Å²) in [6.45, 7) is 1.38. The van der Waals surface area contributed by atoms with Crippen molar-refractivity contribution in [2.45, 2.75) is 56.1 Å². The van der Waals surface area contributed by atoms with E-state index < -0.39 is 16.1 Å². The fourth-order valence-corrected chi connectivity index (χ4v) is 6.96. The Morgan fingerprint density at radius 1 is 0.844 bits per heavy atom. The number of rotatable bonds is 13. The number of nitrogens with zero attached hydrogens (tertiary/aromatic N) is 3. The van der Waals surface area contributed by atoms with Crippen LogP contribution in [0.4, 0.5) is 4.39 Å². The molecule has 1 aliphatic rings. The highest BCUT2D eigenvalue weighted by molar-refractivity contribution is 7.89. The third-order valence-corrected chi connectivity index (χ3v) is 9.87. The molecule has 4 aromatic rings. The van der Waals surface area contributed by atoms with E-state index in [9.17, 15) is 22.4 Å². The molecule has 1 aliphatic heterocycles. The molecule has 0 spiro atoms. The van der Waals surface area contributed by atoms with Crippen LogP contribution in [0.15, 0.2) is 108 Å². The summed E-state index contributed by atoms with van der Waals surface area (Å²) in [5, 5.41) is 2.95. The Morgan fingerprint density at radius 2 is 1.51 bits per heavy atom. The van der Waals surface area contributed by atoms with E-state index in [1.807, 2.05) is 42.5 Å². The monoisotopic (exact) mass is 628 g/mol. The predicted octanol–water partition coefficient (Wildman–Crippen LogP) is 4.89. The molecule has 1 saturated heterocycles. The standard InChI is InChI=1S/C35H37FN4O4S/c36-30-16-11-29(12-17-30)26-40(33(24-28-8-2-1-3-9-28)35(42)38-25-31-10-4-5-21-37-31)34(41)20-15-27-13-18-32(19-14-27)45(43,44)39-22-6-7-23-39/h1-5,8-14,16-19,21,33H,6-7,15,20,22-26H2,(H,38,42)/t33-/m0/s1. The molecule has 10 heteroatoms. The zero-order valence-corrected chi connectivity index (χ0v) is 25.8. The molecule has 0 bridgehead atoms. The first-order chi connectivity index (χ1) is 21.8. The number of hydrogen-bond donors (Lipinski definition) is 1. The highest BCUT2D eigenvalue weighted by Gasteiger charge is 2.31. The van der Waals surface area contributed by atoms with Crippen LogP contribution in [0.1, 0.15) is 41.6 Å². The second-order valence-electron chi connectivity index (χ2n) is 11.1. The highest BCUT2D eigenvalue weighted by Crippen LogP contribution is 2.22. The van der Waals surface area contributed by atoms with Crippen LogP contribution in [0.3, 0.4) is 0 Å². The average Bonchev–Trinajstić information content (AvgIpc) is 3.63. The number of carbonyl (C=O) groups excluding carboxylic acids is 2. The molecule has 2 heterocycles. The molecule has 1 N–H and O–H groups in total. The van der Waals surface area contributed by atoms with Crippen molar-refractivity contribution in [2.75, 3.05) is 13.1 Å². The third kappa shape index (κ3) is 8.61. The van der Waals surface area contributed by atoms with E-state index in [1.54, 1.807) is 53.6 Å². The van der Waals surface area contributed by atoms with E-state index in [0.29, 0.717) is 30.8 Å². The van der Waals surface area contributed by atoms with Gasteiger partial charge in [0.05, 0.1) is 17.1 Å². The Morgan fingerprint density at radius 3 is 2.18 bits per heavy atom. The van der Waals surface area contributed by atoms with Gasteiger partial charge < -0.3 is 10.2 Å². The number of nitrogens with one attached hydrogen (secondary N) is 1. The lowest BCUT2D eigenvalue weighted by molar-refractivity contribution is -0.141. The van der Waals surface area contributed by atoms with E-state index in [1.165, 1.54) is 16.4 Å². The van der Waals surface area contributed by atoms with Gasteiger partial charge in [0.2, 0.25) is 21.8 Å². The summed E-state index contributed by atoms with van der Waals surface area (Å²) in [5.74, 6) is -0.959. The molecule has 0 aliphatic carbocycles. The molecule has 1 atom stereocenters. The van der Waals surface area contributed by atoms with Gasteiger partial charge in [-0.3, -0.25) is 14.6 Å². The van der Waals surface area contributed by atoms with Crippen LogP contribution in [0.5, 0.6) is 0 Å². The van der Waals surface area contributed by atoms with Crippen molar-refractivity contribution in [3.63, 3.8) is 0 Å². The van der Waals surface area contributed by atoms with Gasteiger partial charge in [-0.1, -0.05) is 60.7 Å². The molecule has 0 radical (unpaired) electrons. The fourth-order valence-electron chi connectivity index (χ4n) is 5.44. The normalized spacial score (nSPS) is 14.2. The van der Waals surface area contributed by atoms with E-state index in [4.69, 9.17) is 0 Å². The molecule has 3 aromatic carbocycles. The van der Waals surface area contributed by atoms with Gasteiger partial charge in [-0.15, -0.1) is 0 Å². The topological polar surface area (TPSA) is 99.7 Å². The number of pyridine rings is 1. The summed E-state index contributed by atoms with van der Waals surface area (Å²) in [7, 11) is -3.53. The number of aromatic nitrogens is 1. The molecule has 0 unspecified atom stereocenters. The number of benzene rings is 3. The minimum atomic E-state index is -3.53. The number of amides is 2. The Bertz CT molecular complexity index is 1660. The lowest BCUT2D eigenvalue weighted by Crippen LogP contribution is -2.50. The van der Waals surface area contributed by atoms with Gasteiger partial charge >= 0.3 is 0 Å². The predicted molar refractivity (Wildman–Crippen MR) is 170 cm³/mol. The summed E-state index contributed by atoms with van der Waals surface area (Å²) < 4.78 is 41.1. The van der Waals surface area contributed by atoms with Gasteiger partial charge in [-0.05, 0) is 72.4 Å². The van der Waals surface area contributed by atoms with E-state index in [-0.39, 0.29) is 48.5 Å². The fraction of sp³-hybridized carbons (Fsp3) is 0.286. The molecule has 0 saturated carbocycles. The molecule has 1 fully saturated rings. The minimum absolute atomic E-state index is 0.0955. The quantitative estimate of drug-likeness (QED) is 0.227. The molecule has 5 rings (SSSR count). The molecule has 1 aromatic heterocycles. The van der Waals surface area contributed by atoms with Crippen LogP contribution in [0.25, 0.3) is 0 Å². The first-order valence-electron chi connectivity index (χ1n) is 15.1. The maximum Gasteiger partial charge on any atom is 0.243 e. The van der Waals surface area contributed by atoms with Crippen LogP contribution in [-0.2, 0) is 45.5 Å². The molecule has 8 nitrogen and oxygen atoms in total. The zero-order chi connectivity index (χ0) is 31.6. The lowest BCUT2D eigenvalue weighted by atomic mass is 10.0. The van der Waals surface area contributed by atoms with Crippen molar-refractivity contribution in [1.29, 1.82) is 0 Å². The van der Waals surface area contributed by atoms with Gasteiger partial charge in [-0.2, -0.15) is 4.31 Å². The van der Waals surface area contributed by atoms with E-state index in [2.05, 4.69) is 10.3 Å². The van der Waals surface area contributed by atoms with Crippen molar-refractivity contribution in [3.8, 4) is 0 Å². The zero-order valence-electron chi connectivity index (χ0n) is 25.0. The molecular weight excluding hydrogens is 591 g/mol. The van der Waals surface area contributed by atoms with Crippen molar-refractivity contribution in [2.24, 2.45) is 0 Å². The van der Waals surface area contributed by atoms with Crippen molar-refractivity contribution < 1.29 is 22.4 Å². The van der Waals surface area contributed by atoms with E-state index in [0.717, 1.165) is 24.0 Å².